The van der Waals surface area contributed by atoms with E-state index < -0.39 is 0 Å². The second kappa shape index (κ2) is 7.67. The van der Waals surface area contributed by atoms with Gasteiger partial charge in [-0.3, -0.25) is 9.69 Å². The van der Waals surface area contributed by atoms with Crippen LogP contribution in [0.25, 0.3) is 0 Å². The average molecular weight is 242 g/mol. The van der Waals surface area contributed by atoms with Crippen LogP contribution in [0, 0.1) is 0 Å². The first-order valence-electron chi connectivity index (χ1n) is 6.75. The number of amides is 1. The summed E-state index contributed by atoms with van der Waals surface area (Å²) in [6, 6.07) is 0. The Kier molecular flexibility index (Phi) is 6.52. The second-order valence-corrected chi connectivity index (χ2v) is 4.75. The van der Waals surface area contributed by atoms with Crippen LogP contribution >= 0.6 is 0 Å². The standard InChI is InChI=1S/C13H26N2O2/c1-4-15(5-2)13(16)11-14(3)10-12-8-6-7-9-17-12/h12H,4-11H2,1-3H3. The number of nitrogens with zero attached hydrogens (tertiary/aromatic N) is 2. The Balaban J connectivity index is 2.27. The van der Waals surface area contributed by atoms with E-state index in [1.807, 2.05) is 25.8 Å². The second-order valence-electron chi connectivity index (χ2n) is 4.75. The molecule has 1 atom stereocenters. The lowest BCUT2D eigenvalue weighted by Gasteiger charge is -2.28. The van der Waals surface area contributed by atoms with E-state index in [0.29, 0.717) is 12.6 Å². The molecule has 1 unspecified atom stereocenters. The fourth-order valence-corrected chi connectivity index (χ4v) is 2.27. The molecule has 4 heteroatoms. The minimum Gasteiger partial charge on any atom is -0.377 e. The van der Waals surface area contributed by atoms with Crippen LogP contribution in [-0.2, 0) is 9.53 Å². The molecule has 0 aromatic heterocycles. The van der Waals surface area contributed by atoms with Crippen molar-refractivity contribution >= 4 is 5.91 Å². The van der Waals surface area contributed by atoms with Crippen LogP contribution in [0.2, 0.25) is 0 Å². The lowest BCUT2D eigenvalue weighted by Crippen LogP contribution is -2.42. The van der Waals surface area contributed by atoms with Crippen LogP contribution in [0.4, 0.5) is 0 Å². The first kappa shape index (κ1) is 14.5. The number of hydrogen-bond donors (Lipinski definition) is 0. The molecule has 1 fully saturated rings. The molecule has 0 aromatic rings. The Morgan fingerprint density at radius 3 is 2.53 bits per heavy atom. The molecule has 1 aliphatic heterocycles. The Bertz CT molecular complexity index is 223. The van der Waals surface area contributed by atoms with Gasteiger partial charge in [0.1, 0.15) is 0 Å². The zero-order valence-corrected chi connectivity index (χ0v) is 11.4. The Labute approximate surface area is 105 Å². The van der Waals surface area contributed by atoms with Crippen molar-refractivity contribution in [2.75, 3.05) is 39.8 Å². The van der Waals surface area contributed by atoms with Gasteiger partial charge in [0.2, 0.25) is 5.91 Å². The number of likely N-dealkylation sites (N-methyl/N-ethyl adjacent to an activating group) is 2. The number of carbonyl (C=O) groups excluding carboxylic acids is 1. The van der Waals surface area contributed by atoms with E-state index in [-0.39, 0.29) is 5.91 Å². The third-order valence-corrected chi connectivity index (χ3v) is 3.31. The molecule has 0 saturated carbocycles. The van der Waals surface area contributed by atoms with Crippen molar-refractivity contribution < 1.29 is 9.53 Å². The van der Waals surface area contributed by atoms with E-state index in [1.165, 1.54) is 12.8 Å². The Morgan fingerprint density at radius 2 is 2.00 bits per heavy atom. The van der Waals surface area contributed by atoms with Crippen molar-refractivity contribution in [2.45, 2.75) is 39.2 Å². The number of rotatable bonds is 6. The van der Waals surface area contributed by atoms with E-state index in [0.717, 1.165) is 32.7 Å². The largest absolute Gasteiger partial charge is 0.377 e. The summed E-state index contributed by atoms with van der Waals surface area (Å²) in [5.74, 6) is 0.216. The first-order valence-corrected chi connectivity index (χ1v) is 6.75. The van der Waals surface area contributed by atoms with E-state index in [4.69, 9.17) is 4.74 Å². The van der Waals surface area contributed by atoms with Gasteiger partial charge in [0.05, 0.1) is 12.6 Å². The van der Waals surface area contributed by atoms with Crippen molar-refractivity contribution in [1.82, 2.24) is 9.80 Å². The highest BCUT2D eigenvalue weighted by Crippen LogP contribution is 2.13. The summed E-state index contributed by atoms with van der Waals surface area (Å²) in [5, 5.41) is 0. The van der Waals surface area contributed by atoms with Gasteiger partial charge in [-0.05, 0) is 40.2 Å². The summed E-state index contributed by atoms with van der Waals surface area (Å²) < 4.78 is 5.68. The summed E-state index contributed by atoms with van der Waals surface area (Å²) in [4.78, 5) is 15.9. The Morgan fingerprint density at radius 1 is 1.29 bits per heavy atom. The Hall–Kier alpha value is -0.610. The molecule has 1 rings (SSSR count). The van der Waals surface area contributed by atoms with Crippen molar-refractivity contribution in [3.05, 3.63) is 0 Å². The van der Waals surface area contributed by atoms with Gasteiger partial charge in [0, 0.05) is 26.2 Å². The summed E-state index contributed by atoms with van der Waals surface area (Å²) in [6.45, 7) is 7.88. The SMILES string of the molecule is CCN(CC)C(=O)CN(C)CC1CCCCO1. The van der Waals surface area contributed by atoms with Gasteiger partial charge in [-0.25, -0.2) is 0 Å². The van der Waals surface area contributed by atoms with Crippen molar-refractivity contribution in [3.8, 4) is 0 Å². The van der Waals surface area contributed by atoms with E-state index in [9.17, 15) is 4.79 Å². The van der Waals surface area contributed by atoms with Crippen molar-refractivity contribution in [2.24, 2.45) is 0 Å². The molecule has 4 nitrogen and oxygen atoms in total. The molecule has 1 aliphatic rings. The number of hydrogen-bond acceptors (Lipinski definition) is 3. The third-order valence-electron chi connectivity index (χ3n) is 3.31. The van der Waals surface area contributed by atoms with Crippen LogP contribution < -0.4 is 0 Å². The van der Waals surface area contributed by atoms with Gasteiger partial charge in [-0.15, -0.1) is 0 Å². The minimum absolute atomic E-state index is 0.216. The highest BCUT2D eigenvalue weighted by Gasteiger charge is 2.18. The molecule has 0 bridgehead atoms. The summed E-state index contributed by atoms with van der Waals surface area (Å²) in [5.41, 5.74) is 0. The quantitative estimate of drug-likeness (QED) is 0.705. The van der Waals surface area contributed by atoms with Gasteiger partial charge >= 0.3 is 0 Å². The molecule has 0 radical (unpaired) electrons. The molecule has 1 heterocycles. The van der Waals surface area contributed by atoms with Crippen LogP contribution in [-0.4, -0.2) is 61.6 Å². The first-order chi connectivity index (χ1) is 8.17. The lowest BCUT2D eigenvalue weighted by molar-refractivity contribution is -0.132. The fraction of sp³-hybridized carbons (Fsp3) is 0.923. The third kappa shape index (κ3) is 5.04. The number of carbonyl (C=O) groups is 1. The van der Waals surface area contributed by atoms with Crippen LogP contribution in [0.3, 0.4) is 0 Å². The topological polar surface area (TPSA) is 32.8 Å². The maximum Gasteiger partial charge on any atom is 0.236 e. The molecule has 0 spiro atoms. The molecule has 17 heavy (non-hydrogen) atoms. The van der Waals surface area contributed by atoms with E-state index in [1.54, 1.807) is 0 Å². The van der Waals surface area contributed by atoms with Crippen LogP contribution in [0.5, 0.6) is 0 Å². The molecular formula is C13H26N2O2. The van der Waals surface area contributed by atoms with Gasteiger partial charge in [0.25, 0.3) is 0 Å². The smallest absolute Gasteiger partial charge is 0.236 e. The van der Waals surface area contributed by atoms with Gasteiger partial charge in [-0.1, -0.05) is 0 Å². The van der Waals surface area contributed by atoms with Crippen molar-refractivity contribution in [3.63, 3.8) is 0 Å². The normalized spacial score (nSPS) is 20.6. The summed E-state index contributed by atoms with van der Waals surface area (Å²) in [7, 11) is 2.00. The zero-order valence-electron chi connectivity index (χ0n) is 11.4. The molecule has 0 aromatic carbocycles. The maximum absolute atomic E-state index is 11.9. The fourth-order valence-electron chi connectivity index (χ4n) is 2.27. The maximum atomic E-state index is 11.9. The molecule has 100 valence electrons. The van der Waals surface area contributed by atoms with Gasteiger partial charge < -0.3 is 9.64 Å². The van der Waals surface area contributed by atoms with Crippen molar-refractivity contribution in [1.29, 1.82) is 0 Å². The minimum atomic E-state index is 0.216. The molecule has 0 N–H and O–H groups in total. The summed E-state index contributed by atoms with van der Waals surface area (Å²) >= 11 is 0. The monoisotopic (exact) mass is 242 g/mol. The van der Waals surface area contributed by atoms with Gasteiger partial charge in [-0.2, -0.15) is 0 Å². The molecular weight excluding hydrogens is 216 g/mol. The highest BCUT2D eigenvalue weighted by molar-refractivity contribution is 5.78. The van der Waals surface area contributed by atoms with Crippen LogP contribution in [0.1, 0.15) is 33.1 Å². The van der Waals surface area contributed by atoms with Crippen LogP contribution in [0.15, 0.2) is 0 Å². The zero-order chi connectivity index (χ0) is 12.7. The predicted octanol–water partition coefficient (Wildman–Crippen LogP) is 1.36. The predicted molar refractivity (Wildman–Crippen MR) is 69.0 cm³/mol. The average Bonchev–Trinajstić information content (AvgIpc) is 2.31. The molecule has 1 saturated heterocycles. The van der Waals surface area contributed by atoms with E-state index >= 15 is 0 Å². The highest BCUT2D eigenvalue weighted by atomic mass is 16.5. The molecule has 1 amide bonds. The lowest BCUT2D eigenvalue weighted by atomic mass is 10.1. The molecule has 0 aliphatic carbocycles. The van der Waals surface area contributed by atoms with E-state index in [2.05, 4.69) is 4.90 Å². The number of ether oxygens (including phenoxy) is 1. The van der Waals surface area contributed by atoms with Gasteiger partial charge in [0.15, 0.2) is 0 Å². The summed E-state index contributed by atoms with van der Waals surface area (Å²) in [6.07, 6.45) is 3.88.